The molecule has 0 aliphatic heterocycles. The lowest BCUT2D eigenvalue weighted by atomic mass is 10.1. The maximum Gasteiger partial charge on any atom is 0.460 e. The van der Waals surface area contributed by atoms with Gasteiger partial charge in [0.25, 0.3) is 0 Å². The van der Waals surface area contributed by atoms with Gasteiger partial charge in [0.2, 0.25) is 0 Å². The van der Waals surface area contributed by atoms with Crippen LogP contribution >= 0.6 is 10.3 Å². The van der Waals surface area contributed by atoms with E-state index in [2.05, 4.69) is 0 Å². The zero-order chi connectivity index (χ0) is 30.0. The molecule has 3 rings (SSSR count). The molecule has 3 nitrogen and oxygen atoms in total. The molecule has 0 spiro atoms. The van der Waals surface area contributed by atoms with Crippen molar-refractivity contribution in [2.24, 2.45) is 0 Å². The Bertz CT molecular complexity index is 1340. The van der Waals surface area contributed by atoms with Crippen LogP contribution in [0.25, 0.3) is 0 Å². The van der Waals surface area contributed by atoms with E-state index in [1.807, 2.05) is 6.92 Å². The molecule has 0 aliphatic carbocycles. The third-order valence-electron chi connectivity index (χ3n) is 5.85. The molecule has 0 bridgehead atoms. The van der Waals surface area contributed by atoms with E-state index in [9.17, 15) is 47.9 Å². The first-order valence-electron chi connectivity index (χ1n) is 11.6. The molecule has 0 unspecified atom stereocenters. The minimum atomic E-state index is -7.43. The van der Waals surface area contributed by atoms with Crippen LogP contribution in [0.1, 0.15) is 25.3 Å². The van der Waals surface area contributed by atoms with Gasteiger partial charge in [0.15, 0.2) is 0 Å². The summed E-state index contributed by atoms with van der Waals surface area (Å²) in [5.74, 6) is -14.8. The maximum absolute atomic E-state index is 14.9. The summed E-state index contributed by atoms with van der Waals surface area (Å²) < 4.78 is 154. The topological polar surface area (TPSA) is 43.4 Å². The first-order chi connectivity index (χ1) is 18.5. The van der Waals surface area contributed by atoms with Crippen molar-refractivity contribution in [1.82, 2.24) is 0 Å². The Morgan fingerprint density at radius 3 is 1.45 bits per heavy atom. The summed E-state index contributed by atoms with van der Waals surface area (Å²) in [4.78, 5) is -0.379. The van der Waals surface area contributed by atoms with Crippen molar-refractivity contribution in [3.63, 3.8) is 0 Å². The molecule has 40 heavy (non-hydrogen) atoms. The Morgan fingerprint density at radius 1 is 0.625 bits per heavy atom. The van der Waals surface area contributed by atoms with Crippen LogP contribution in [0.3, 0.4) is 0 Å². The predicted octanol–water partition coefficient (Wildman–Crippen LogP) is 9.00. The largest absolute Gasteiger partial charge is 0.460 e. The van der Waals surface area contributed by atoms with Crippen molar-refractivity contribution in [3.8, 4) is 0 Å². The lowest BCUT2D eigenvalue weighted by Gasteiger charge is -2.41. The molecule has 3 aromatic rings. The molecule has 0 aliphatic rings. The average Bonchev–Trinajstić information content (AvgIpc) is 2.91. The second-order valence-corrected chi connectivity index (χ2v) is 13.1. The highest BCUT2D eigenvalue weighted by molar-refractivity contribution is 8.33. The van der Waals surface area contributed by atoms with Crippen molar-refractivity contribution >= 4 is 20.4 Å². The fraction of sp³-hybridized carbons (Fsp3) is 0.308. The Morgan fingerprint density at radius 2 is 1.05 bits per heavy atom. The second kappa shape index (κ2) is 11.3. The molecule has 3 aromatic carbocycles. The zero-order valence-corrected chi connectivity index (χ0v) is 22.3. The average molecular weight is 619 g/mol. The van der Waals surface area contributed by atoms with E-state index >= 15 is 0 Å². The van der Waals surface area contributed by atoms with Crippen molar-refractivity contribution in [2.75, 3.05) is 0 Å². The number of alkyl halides is 9. The van der Waals surface area contributed by atoms with E-state index in [0.717, 1.165) is 18.4 Å². The van der Waals surface area contributed by atoms with Gasteiger partial charge in [0, 0.05) is 14.7 Å². The van der Waals surface area contributed by atoms with Crippen LogP contribution in [0.5, 0.6) is 0 Å². The zero-order valence-electron chi connectivity index (χ0n) is 20.6. The third-order valence-corrected chi connectivity index (χ3v) is 11.1. The molecular formula is C26H23F9O3S2. The molecule has 14 heteroatoms. The van der Waals surface area contributed by atoms with Gasteiger partial charge < -0.3 is 0 Å². The van der Waals surface area contributed by atoms with E-state index in [1.165, 1.54) is 84.9 Å². The highest BCUT2D eigenvalue weighted by Gasteiger charge is 2.86. The van der Waals surface area contributed by atoms with E-state index in [1.54, 1.807) is 0 Å². The second-order valence-electron chi connectivity index (χ2n) is 8.62. The van der Waals surface area contributed by atoms with E-state index in [4.69, 9.17) is 3.63 Å². The summed E-state index contributed by atoms with van der Waals surface area (Å²) >= 11 is 0. The lowest BCUT2D eigenvalue weighted by Crippen LogP contribution is -2.63. The maximum atomic E-state index is 14.9. The normalized spacial score (nSPS) is 14.2. The molecule has 0 N–H and O–H groups in total. The summed E-state index contributed by atoms with van der Waals surface area (Å²) in [7, 11) is -11.2. The van der Waals surface area contributed by atoms with Gasteiger partial charge in [0.05, 0.1) is 0 Å². The molecular weight excluding hydrogens is 595 g/mol. The molecule has 0 fully saturated rings. The highest BCUT2D eigenvalue weighted by Crippen LogP contribution is 2.71. The third kappa shape index (κ3) is 5.45. The number of benzene rings is 3. The number of hydrogen-bond donors (Lipinski definition) is 0. The van der Waals surface area contributed by atoms with Gasteiger partial charge in [-0.2, -0.15) is 47.9 Å². The van der Waals surface area contributed by atoms with E-state index in [-0.39, 0.29) is 14.7 Å². The number of aryl methyl sites for hydroxylation is 1. The molecule has 0 radical (unpaired) electrons. The summed E-state index contributed by atoms with van der Waals surface area (Å²) in [6, 6.07) is 19.0. The monoisotopic (exact) mass is 618 g/mol. The Hall–Kier alpha value is -2.71. The first kappa shape index (κ1) is 31.8. The predicted molar refractivity (Wildman–Crippen MR) is 131 cm³/mol. The SMILES string of the molecule is CCCCc1ccc(S(OS(=O)(=O)C(F)(F)C(F)(F)C(F)(F)C(F)(F)F)(c2ccccc2)c2ccccc2)cc1. The molecule has 220 valence electrons. The summed E-state index contributed by atoms with van der Waals surface area (Å²) in [5, 5.41) is -7.01. The summed E-state index contributed by atoms with van der Waals surface area (Å²) in [6.07, 6.45) is -5.01. The van der Waals surface area contributed by atoms with Gasteiger partial charge in [-0.25, -0.2) is 3.63 Å². The van der Waals surface area contributed by atoms with Gasteiger partial charge in [0.1, 0.15) is 0 Å². The standard InChI is InChI=1S/C26H23F9O3S2/c1-2-3-10-19-15-17-22(18-16-19)39(20-11-6-4-7-12-20,21-13-8-5-9-14-21)38-40(36,37)26(34,35)24(29,30)23(27,28)25(31,32)33/h4-9,11-18H,2-3,10H2,1H3. The lowest BCUT2D eigenvalue weighted by molar-refractivity contribution is -0.382. The van der Waals surface area contributed by atoms with Crippen molar-refractivity contribution in [3.05, 3.63) is 90.5 Å². The molecule has 0 saturated carbocycles. The highest BCUT2D eigenvalue weighted by atomic mass is 32.3. The van der Waals surface area contributed by atoms with Crippen LogP contribution in [0.2, 0.25) is 0 Å². The van der Waals surface area contributed by atoms with Gasteiger partial charge in [-0.3, -0.25) is 0 Å². The van der Waals surface area contributed by atoms with Gasteiger partial charge >= 0.3 is 33.4 Å². The van der Waals surface area contributed by atoms with Gasteiger partial charge in [-0.15, -0.1) is 0 Å². The first-order valence-corrected chi connectivity index (χ1v) is 14.6. The van der Waals surface area contributed by atoms with Crippen LogP contribution in [0, 0.1) is 0 Å². The van der Waals surface area contributed by atoms with E-state index in [0.29, 0.717) is 6.42 Å². The molecule has 0 aromatic heterocycles. The fourth-order valence-corrected chi connectivity index (χ4v) is 8.89. The van der Waals surface area contributed by atoms with Crippen molar-refractivity contribution in [2.45, 2.75) is 64.1 Å². The van der Waals surface area contributed by atoms with Crippen LogP contribution in [0.15, 0.2) is 99.6 Å². The van der Waals surface area contributed by atoms with Crippen molar-refractivity contribution < 1.29 is 51.6 Å². The molecule has 0 saturated heterocycles. The van der Waals surface area contributed by atoms with Gasteiger partial charge in [-0.1, -0.05) is 61.9 Å². The number of unbranched alkanes of at least 4 members (excludes halogenated alkanes) is 1. The molecule has 0 atom stereocenters. The Balaban J connectivity index is 2.31. The van der Waals surface area contributed by atoms with E-state index < -0.39 is 43.7 Å². The molecule has 0 amide bonds. The Labute approximate surface area is 226 Å². The minimum Gasteiger partial charge on any atom is -0.202 e. The number of hydrogen-bond acceptors (Lipinski definition) is 3. The fourth-order valence-electron chi connectivity index (χ4n) is 3.67. The van der Waals surface area contributed by atoms with Crippen molar-refractivity contribution in [1.29, 1.82) is 0 Å². The van der Waals surface area contributed by atoms with Crippen LogP contribution < -0.4 is 0 Å². The minimum absolute atomic E-state index is 0.115. The quantitative estimate of drug-likeness (QED) is 0.202. The number of halogens is 9. The summed E-state index contributed by atoms with van der Waals surface area (Å²) in [6.45, 7) is 1.94. The smallest absolute Gasteiger partial charge is 0.202 e. The van der Waals surface area contributed by atoms with Gasteiger partial charge in [-0.05, 0) is 65.1 Å². The van der Waals surface area contributed by atoms with Crippen LogP contribution in [0.4, 0.5) is 39.5 Å². The number of rotatable bonds is 11. The van der Waals surface area contributed by atoms with Crippen LogP contribution in [-0.2, 0) is 20.2 Å². The summed E-state index contributed by atoms with van der Waals surface area (Å²) in [5.41, 5.74) is 0.754. The Kier molecular flexibility index (Phi) is 8.97. The molecule has 0 heterocycles. The van der Waals surface area contributed by atoms with Crippen LogP contribution in [-0.4, -0.2) is 31.7 Å².